The second-order valence-corrected chi connectivity index (χ2v) is 6.33. The lowest BCUT2D eigenvalue weighted by Crippen LogP contribution is -2.49. The number of anilines is 1. The van der Waals surface area contributed by atoms with Crippen molar-refractivity contribution < 1.29 is 4.79 Å². The van der Waals surface area contributed by atoms with Crippen LogP contribution >= 0.6 is 0 Å². The van der Waals surface area contributed by atoms with E-state index in [9.17, 15) is 4.79 Å². The minimum atomic E-state index is 0.274. The first-order chi connectivity index (χ1) is 10.6. The molecular formula is C15H20N6O. The van der Waals surface area contributed by atoms with Gasteiger partial charge in [0.1, 0.15) is 12.1 Å². The lowest BCUT2D eigenvalue weighted by atomic mass is 10.2. The highest BCUT2D eigenvalue weighted by Crippen LogP contribution is 2.39. The van der Waals surface area contributed by atoms with Crippen molar-refractivity contribution in [3.63, 3.8) is 0 Å². The molecule has 2 fully saturated rings. The molecule has 0 aromatic carbocycles. The second kappa shape index (κ2) is 4.93. The van der Waals surface area contributed by atoms with Gasteiger partial charge in [0.2, 0.25) is 5.91 Å². The Morgan fingerprint density at radius 1 is 1.23 bits per heavy atom. The SMILES string of the molecule is C[C@@H]1C[C@H]1C(=O)N1CCN(c2ncnc3c2cnn3C)CC1. The standard InChI is InChI=1S/C15H20N6O/c1-10-7-11(10)15(22)21-5-3-20(4-6-21)14-12-8-18-19(2)13(12)16-9-17-14/h8-11H,3-7H2,1-2H3/t10-,11-/m1/s1. The van der Waals surface area contributed by atoms with Crippen LogP contribution in [0.5, 0.6) is 0 Å². The maximum Gasteiger partial charge on any atom is 0.226 e. The zero-order chi connectivity index (χ0) is 15.3. The summed E-state index contributed by atoms with van der Waals surface area (Å²) in [5.74, 6) is 2.10. The second-order valence-electron chi connectivity index (χ2n) is 6.33. The number of carbonyl (C=O) groups excluding carboxylic acids is 1. The molecule has 1 saturated carbocycles. The first kappa shape index (κ1) is 13.5. The molecule has 1 aliphatic carbocycles. The highest BCUT2D eigenvalue weighted by molar-refractivity contribution is 5.87. The molecule has 1 amide bonds. The van der Waals surface area contributed by atoms with Crippen LogP contribution in [0.1, 0.15) is 13.3 Å². The van der Waals surface area contributed by atoms with Gasteiger partial charge in [-0.1, -0.05) is 6.92 Å². The summed E-state index contributed by atoms with van der Waals surface area (Å²) in [6, 6.07) is 0. The number of amides is 1. The van der Waals surface area contributed by atoms with Crippen molar-refractivity contribution in [2.24, 2.45) is 18.9 Å². The molecule has 0 bridgehead atoms. The van der Waals surface area contributed by atoms with E-state index in [-0.39, 0.29) is 5.92 Å². The summed E-state index contributed by atoms with van der Waals surface area (Å²) in [6.45, 7) is 5.32. The van der Waals surface area contributed by atoms with Crippen molar-refractivity contribution in [2.75, 3.05) is 31.1 Å². The molecule has 2 atom stereocenters. The van der Waals surface area contributed by atoms with Gasteiger partial charge in [0.15, 0.2) is 5.65 Å². The normalized spacial score (nSPS) is 24.8. The van der Waals surface area contributed by atoms with E-state index in [4.69, 9.17) is 0 Å². The lowest BCUT2D eigenvalue weighted by molar-refractivity contribution is -0.133. The predicted octanol–water partition coefficient (Wildman–Crippen LogP) is 0.668. The number of nitrogens with zero attached hydrogens (tertiary/aromatic N) is 6. The van der Waals surface area contributed by atoms with E-state index >= 15 is 0 Å². The van der Waals surface area contributed by atoms with Gasteiger partial charge in [-0.25, -0.2) is 9.97 Å². The first-order valence-electron chi connectivity index (χ1n) is 7.81. The van der Waals surface area contributed by atoms with E-state index in [1.54, 1.807) is 11.0 Å². The van der Waals surface area contributed by atoms with Crippen molar-refractivity contribution in [3.8, 4) is 0 Å². The highest BCUT2D eigenvalue weighted by atomic mass is 16.2. The third kappa shape index (κ3) is 2.12. The van der Waals surface area contributed by atoms with Gasteiger partial charge in [0, 0.05) is 39.1 Å². The highest BCUT2D eigenvalue weighted by Gasteiger charge is 2.42. The molecule has 7 heteroatoms. The summed E-state index contributed by atoms with van der Waals surface area (Å²) >= 11 is 0. The molecule has 0 radical (unpaired) electrons. The largest absolute Gasteiger partial charge is 0.352 e. The van der Waals surface area contributed by atoms with Crippen molar-refractivity contribution in [1.82, 2.24) is 24.6 Å². The van der Waals surface area contributed by atoms with Gasteiger partial charge >= 0.3 is 0 Å². The Hall–Kier alpha value is -2.18. The Morgan fingerprint density at radius 2 is 1.95 bits per heavy atom. The van der Waals surface area contributed by atoms with Crippen LogP contribution in [0.25, 0.3) is 11.0 Å². The fourth-order valence-electron chi connectivity index (χ4n) is 3.24. The van der Waals surface area contributed by atoms with Crippen molar-refractivity contribution in [2.45, 2.75) is 13.3 Å². The van der Waals surface area contributed by atoms with Crippen LogP contribution < -0.4 is 4.90 Å². The molecular weight excluding hydrogens is 280 g/mol. The van der Waals surface area contributed by atoms with Crippen molar-refractivity contribution in [1.29, 1.82) is 0 Å². The van der Waals surface area contributed by atoms with Crippen LogP contribution in [0.15, 0.2) is 12.5 Å². The first-order valence-corrected chi connectivity index (χ1v) is 7.81. The van der Waals surface area contributed by atoms with Crippen LogP contribution in [0.3, 0.4) is 0 Å². The van der Waals surface area contributed by atoms with E-state index in [0.29, 0.717) is 11.8 Å². The summed E-state index contributed by atoms with van der Waals surface area (Å²) < 4.78 is 1.76. The van der Waals surface area contributed by atoms with Crippen LogP contribution in [-0.4, -0.2) is 56.7 Å². The predicted molar refractivity (Wildman–Crippen MR) is 82.4 cm³/mol. The van der Waals surface area contributed by atoms with Crippen molar-refractivity contribution >= 4 is 22.8 Å². The Labute approximate surface area is 128 Å². The lowest BCUT2D eigenvalue weighted by Gasteiger charge is -2.35. The third-order valence-corrected chi connectivity index (χ3v) is 4.83. The molecule has 2 aliphatic rings. The Kier molecular flexibility index (Phi) is 3.02. The van der Waals surface area contributed by atoms with E-state index in [2.05, 4.69) is 26.9 Å². The Morgan fingerprint density at radius 3 is 2.64 bits per heavy atom. The monoisotopic (exact) mass is 300 g/mol. The molecule has 0 unspecified atom stereocenters. The van der Waals surface area contributed by atoms with Crippen LogP contribution in [-0.2, 0) is 11.8 Å². The summed E-state index contributed by atoms with van der Waals surface area (Å²) in [5.41, 5.74) is 0.843. The number of carbonyl (C=O) groups is 1. The van der Waals surface area contributed by atoms with E-state index < -0.39 is 0 Å². The minimum absolute atomic E-state index is 0.274. The minimum Gasteiger partial charge on any atom is -0.352 e. The average molecular weight is 300 g/mol. The summed E-state index contributed by atoms with van der Waals surface area (Å²) in [4.78, 5) is 25.2. The topological polar surface area (TPSA) is 67.2 Å². The molecule has 0 spiro atoms. The van der Waals surface area contributed by atoms with Gasteiger partial charge in [-0.2, -0.15) is 5.10 Å². The Bertz CT molecular complexity index is 718. The van der Waals surface area contributed by atoms with E-state index in [1.165, 1.54) is 0 Å². The molecule has 2 aromatic rings. The van der Waals surface area contributed by atoms with Gasteiger partial charge in [-0.15, -0.1) is 0 Å². The number of aromatic nitrogens is 4. The number of hydrogen-bond donors (Lipinski definition) is 0. The van der Waals surface area contributed by atoms with Crippen LogP contribution in [0, 0.1) is 11.8 Å². The summed E-state index contributed by atoms with van der Waals surface area (Å²) in [6.07, 6.45) is 4.46. The number of piperazine rings is 1. The maximum atomic E-state index is 12.3. The fourth-order valence-corrected chi connectivity index (χ4v) is 3.24. The smallest absolute Gasteiger partial charge is 0.226 e. The van der Waals surface area contributed by atoms with Gasteiger partial charge in [-0.05, 0) is 12.3 Å². The fraction of sp³-hybridized carbons (Fsp3) is 0.600. The van der Waals surface area contributed by atoms with E-state index in [1.807, 2.05) is 18.1 Å². The molecule has 1 saturated heterocycles. The molecule has 1 aliphatic heterocycles. The average Bonchev–Trinajstić information content (AvgIpc) is 3.16. The molecule has 22 heavy (non-hydrogen) atoms. The van der Waals surface area contributed by atoms with Crippen LogP contribution in [0.2, 0.25) is 0 Å². The summed E-state index contributed by atoms with van der Waals surface area (Å²) in [7, 11) is 1.88. The van der Waals surface area contributed by atoms with Crippen LogP contribution in [0.4, 0.5) is 5.82 Å². The number of aryl methyl sites for hydroxylation is 1. The molecule has 0 N–H and O–H groups in total. The van der Waals surface area contributed by atoms with Gasteiger partial charge in [-0.3, -0.25) is 9.48 Å². The van der Waals surface area contributed by atoms with E-state index in [0.717, 1.165) is 49.5 Å². The zero-order valence-corrected chi connectivity index (χ0v) is 12.9. The number of fused-ring (bicyclic) bond motifs is 1. The van der Waals surface area contributed by atoms with Gasteiger partial charge in [0.05, 0.1) is 11.6 Å². The third-order valence-electron chi connectivity index (χ3n) is 4.83. The quantitative estimate of drug-likeness (QED) is 0.815. The molecule has 7 nitrogen and oxygen atoms in total. The molecule has 116 valence electrons. The molecule has 4 rings (SSSR count). The Balaban J connectivity index is 1.50. The summed E-state index contributed by atoms with van der Waals surface area (Å²) in [5, 5.41) is 5.23. The van der Waals surface area contributed by atoms with Gasteiger partial charge < -0.3 is 9.80 Å². The number of hydrogen-bond acceptors (Lipinski definition) is 5. The molecule has 3 heterocycles. The molecule has 2 aromatic heterocycles. The van der Waals surface area contributed by atoms with Gasteiger partial charge in [0.25, 0.3) is 0 Å². The number of rotatable bonds is 2. The van der Waals surface area contributed by atoms with Crippen molar-refractivity contribution in [3.05, 3.63) is 12.5 Å². The maximum absolute atomic E-state index is 12.3. The zero-order valence-electron chi connectivity index (χ0n) is 12.9.